The molecule has 29 heavy (non-hydrogen) atoms. The van der Waals surface area contributed by atoms with E-state index in [1.807, 2.05) is 31.2 Å². The second-order valence-electron chi connectivity index (χ2n) is 7.23. The first-order chi connectivity index (χ1) is 13.9. The van der Waals surface area contributed by atoms with Crippen molar-refractivity contribution >= 4 is 28.2 Å². The van der Waals surface area contributed by atoms with Crippen molar-refractivity contribution in [2.24, 2.45) is 0 Å². The zero-order valence-electron chi connectivity index (χ0n) is 16.5. The Balaban J connectivity index is 1.65. The molecule has 0 fully saturated rings. The number of carbonyl (C=O) groups is 1. The van der Waals surface area contributed by atoms with E-state index in [1.54, 1.807) is 12.3 Å². The number of nitrogens with zero attached hydrogens (tertiary/aromatic N) is 2. The highest BCUT2D eigenvalue weighted by Gasteiger charge is 2.09. The van der Waals surface area contributed by atoms with E-state index in [-0.39, 0.29) is 5.69 Å². The number of rotatable bonds is 4. The van der Waals surface area contributed by atoms with E-state index in [0.717, 1.165) is 39.1 Å². The van der Waals surface area contributed by atoms with Crippen molar-refractivity contribution in [3.63, 3.8) is 0 Å². The molecule has 0 aliphatic heterocycles. The van der Waals surface area contributed by atoms with Crippen molar-refractivity contribution < 1.29 is 9.90 Å². The number of anilines is 2. The van der Waals surface area contributed by atoms with Crippen LogP contribution in [-0.4, -0.2) is 21.0 Å². The Hall–Kier alpha value is -3.73. The largest absolute Gasteiger partial charge is 0.477 e. The van der Waals surface area contributed by atoms with Crippen LogP contribution in [0.25, 0.3) is 22.0 Å². The van der Waals surface area contributed by atoms with Crippen LogP contribution < -0.4 is 5.32 Å². The molecule has 0 amide bonds. The van der Waals surface area contributed by atoms with Gasteiger partial charge in [-0.2, -0.15) is 0 Å². The molecular weight excluding hydrogens is 362 g/mol. The second-order valence-corrected chi connectivity index (χ2v) is 7.23. The molecule has 0 spiro atoms. The first-order valence-corrected chi connectivity index (χ1v) is 9.36. The third kappa shape index (κ3) is 3.80. The van der Waals surface area contributed by atoms with Gasteiger partial charge in [-0.15, -0.1) is 0 Å². The molecule has 0 unspecified atom stereocenters. The van der Waals surface area contributed by atoms with E-state index in [4.69, 9.17) is 10.1 Å². The first-order valence-electron chi connectivity index (χ1n) is 9.36. The smallest absolute Gasteiger partial charge is 0.354 e. The van der Waals surface area contributed by atoms with Gasteiger partial charge in [0.2, 0.25) is 0 Å². The lowest BCUT2D eigenvalue weighted by molar-refractivity contribution is 0.0690. The van der Waals surface area contributed by atoms with Crippen molar-refractivity contribution in [1.82, 2.24) is 9.97 Å². The molecule has 2 N–H and O–H groups in total. The van der Waals surface area contributed by atoms with Crippen LogP contribution in [0, 0.1) is 20.8 Å². The number of aryl methyl sites for hydroxylation is 3. The molecule has 0 saturated carbocycles. The van der Waals surface area contributed by atoms with E-state index < -0.39 is 5.97 Å². The molecule has 0 saturated heterocycles. The van der Waals surface area contributed by atoms with Gasteiger partial charge >= 0.3 is 5.97 Å². The Labute approximate surface area is 169 Å². The van der Waals surface area contributed by atoms with Crippen molar-refractivity contribution in [1.29, 1.82) is 0 Å². The lowest BCUT2D eigenvalue weighted by atomic mass is 10.0. The van der Waals surface area contributed by atoms with Gasteiger partial charge in [-0.3, -0.25) is 4.98 Å². The Kier molecular flexibility index (Phi) is 4.72. The molecule has 0 aliphatic carbocycles. The van der Waals surface area contributed by atoms with Gasteiger partial charge in [-0.1, -0.05) is 29.8 Å². The highest BCUT2D eigenvalue weighted by Crippen LogP contribution is 2.30. The van der Waals surface area contributed by atoms with Gasteiger partial charge in [0, 0.05) is 34.2 Å². The molecule has 2 aromatic carbocycles. The predicted octanol–water partition coefficient (Wildman–Crippen LogP) is 5.66. The summed E-state index contributed by atoms with van der Waals surface area (Å²) < 4.78 is 0. The first kappa shape index (κ1) is 18.6. The monoisotopic (exact) mass is 383 g/mol. The third-order valence-electron chi connectivity index (χ3n) is 4.86. The van der Waals surface area contributed by atoms with E-state index in [9.17, 15) is 4.79 Å². The maximum absolute atomic E-state index is 11.0. The fraction of sp³-hybridized carbons (Fsp3) is 0.125. The molecule has 4 rings (SSSR count). The maximum Gasteiger partial charge on any atom is 0.354 e. The lowest BCUT2D eigenvalue weighted by Crippen LogP contribution is -1.99. The van der Waals surface area contributed by atoms with Crippen molar-refractivity contribution in [3.8, 4) is 11.1 Å². The van der Waals surface area contributed by atoms with E-state index in [0.29, 0.717) is 0 Å². The van der Waals surface area contributed by atoms with Gasteiger partial charge in [0.05, 0.1) is 5.52 Å². The maximum atomic E-state index is 11.0. The number of aromatic carboxylic acids is 1. The van der Waals surface area contributed by atoms with Crippen LogP contribution in [-0.2, 0) is 0 Å². The van der Waals surface area contributed by atoms with Gasteiger partial charge in [-0.05, 0) is 62.2 Å². The van der Waals surface area contributed by atoms with E-state index >= 15 is 0 Å². The summed E-state index contributed by atoms with van der Waals surface area (Å²) in [5.74, 6) is -1.03. The average molecular weight is 383 g/mol. The third-order valence-corrected chi connectivity index (χ3v) is 4.86. The van der Waals surface area contributed by atoms with E-state index in [2.05, 4.69) is 42.3 Å². The summed E-state index contributed by atoms with van der Waals surface area (Å²) in [4.78, 5) is 19.6. The molecular formula is C24H21N3O2. The minimum atomic E-state index is -1.03. The SMILES string of the molecule is Cc1cc(C)c2nc(C)cc(Nc3ccc(-c4ccc(C(=O)O)nc4)cc3)c2c1. The molecule has 144 valence electrons. The van der Waals surface area contributed by atoms with Gasteiger partial charge in [-0.25, -0.2) is 9.78 Å². The zero-order valence-corrected chi connectivity index (χ0v) is 16.5. The Bertz CT molecular complexity index is 1210. The summed E-state index contributed by atoms with van der Waals surface area (Å²) >= 11 is 0. The topological polar surface area (TPSA) is 75.1 Å². The molecule has 0 radical (unpaired) electrons. The molecule has 5 heteroatoms. The number of carboxylic acid groups (broad SMARTS) is 1. The van der Waals surface area contributed by atoms with Crippen LogP contribution in [0.2, 0.25) is 0 Å². The van der Waals surface area contributed by atoms with Crippen molar-refractivity contribution in [3.05, 3.63) is 83.3 Å². The van der Waals surface area contributed by atoms with Gasteiger partial charge in [0.25, 0.3) is 0 Å². The molecule has 2 aromatic heterocycles. The molecule has 0 atom stereocenters. The van der Waals surface area contributed by atoms with Crippen LogP contribution in [0.3, 0.4) is 0 Å². The fourth-order valence-corrected chi connectivity index (χ4v) is 3.51. The second kappa shape index (κ2) is 7.36. The number of benzene rings is 2. The van der Waals surface area contributed by atoms with Gasteiger partial charge in [0.15, 0.2) is 0 Å². The van der Waals surface area contributed by atoms with Crippen molar-refractivity contribution in [2.45, 2.75) is 20.8 Å². The highest BCUT2D eigenvalue weighted by molar-refractivity contribution is 5.95. The number of fused-ring (bicyclic) bond motifs is 1. The van der Waals surface area contributed by atoms with Crippen LogP contribution in [0.1, 0.15) is 27.3 Å². The summed E-state index contributed by atoms with van der Waals surface area (Å²) in [6, 6.07) is 17.6. The van der Waals surface area contributed by atoms with Crippen LogP contribution in [0.4, 0.5) is 11.4 Å². The molecule has 4 aromatic rings. The summed E-state index contributed by atoms with van der Waals surface area (Å²) in [6.45, 7) is 6.18. The van der Waals surface area contributed by atoms with Crippen LogP contribution in [0.5, 0.6) is 0 Å². The number of nitrogens with one attached hydrogen (secondary N) is 1. The molecule has 0 aliphatic rings. The van der Waals surface area contributed by atoms with Crippen molar-refractivity contribution in [2.75, 3.05) is 5.32 Å². The number of hydrogen-bond acceptors (Lipinski definition) is 4. The highest BCUT2D eigenvalue weighted by atomic mass is 16.4. The Morgan fingerprint density at radius 1 is 0.931 bits per heavy atom. The Morgan fingerprint density at radius 3 is 2.31 bits per heavy atom. The minimum Gasteiger partial charge on any atom is -0.477 e. The summed E-state index contributed by atoms with van der Waals surface area (Å²) in [5, 5.41) is 13.6. The zero-order chi connectivity index (χ0) is 20.5. The lowest BCUT2D eigenvalue weighted by Gasteiger charge is -2.13. The predicted molar refractivity (Wildman–Crippen MR) is 116 cm³/mol. The van der Waals surface area contributed by atoms with Gasteiger partial charge in [0.1, 0.15) is 5.69 Å². The standard InChI is InChI=1S/C24H21N3O2/c1-14-10-15(2)23-20(11-14)22(12-16(3)26-23)27-19-7-4-17(5-8-19)18-6-9-21(24(28)29)25-13-18/h4-13H,1-3H3,(H,26,27)(H,28,29). The number of aromatic nitrogens is 2. The van der Waals surface area contributed by atoms with Crippen LogP contribution >= 0.6 is 0 Å². The van der Waals surface area contributed by atoms with Crippen LogP contribution in [0.15, 0.2) is 60.8 Å². The summed E-state index contributed by atoms with van der Waals surface area (Å²) in [7, 11) is 0. The number of carboxylic acids is 1. The number of hydrogen-bond donors (Lipinski definition) is 2. The molecule has 0 bridgehead atoms. The molecule has 2 heterocycles. The Morgan fingerprint density at radius 2 is 1.66 bits per heavy atom. The summed E-state index contributed by atoms with van der Waals surface area (Å²) in [5.41, 5.74) is 8.23. The van der Waals surface area contributed by atoms with Gasteiger partial charge < -0.3 is 10.4 Å². The minimum absolute atomic E-state index is 0.0394. The molecule has 5 nitrogen and oxygen atoms in total. The number of pyridine rings is 2. The average Bonchev–Trinajstić information content (AvgIpc) is 2.69. The normalized spacial score (nSPS) is 10.9. The fourth-order valence-electron chi connectivity index (χ4n) is 3.51. The van der Waals surface area contributed by atoms with E-state index in [1.165, 1.54) is 17.2 Å². The quantitative estimate of drug-likeness (QED) is 0.475. The summed E-state index contributed by atoms with van der Waals surface area (Å²) in [6.07, 6.45) is 1.58.